The van der Waals surface area contributed by atoms with E-state index < -0.39 is 21.7 Å². The van der Waals surface area contributed by atoms with Gasteiger partial charge in [-0.1, -0.05) is 0 Å². The van der Waals surface area contributed by atoms with Gasteiger partial charge >= 0.3 is 5.97 Å². The van der Waals surface area contributed by atoms with E-state index in [9.17, 15) is 13.2 Å². The molecule has 0 aromatic carbocycles. The molecule has 1 fully saturated rings. The van der Waals surface area contributed by atoms with Gasteiger partial charge in [-0.2, -0.15) is 4.31 Å². The van der Waals surface area contributed by atoms with E-state index in [0.717, 1.165) is 11.3 Å². The molecule has 1 aromatic heterocycles. The predicted octanol–water partition coefficient (Wildman–Crippen LogP) is 1.03. The van der Waals surface area contributed by atoms with Gasteiger partial charge in [0, 0.05) is 19.7 Å². The van der Waals surface area contributed by atoms with Crippen molar-refractivity contribution in [1.29, 1.82) is 0 Å². The summed E-state index contributed by atoms with van der Waals surface area (Å²) in [5, 5.41) is 8.97. The summed E-state index contributed by atoms with van der Waals surface area (Å²) in [5.41, 5.74) is 0.838. The first-order valence-electron chi connectivity index (χ1n) is 6.25. The van der Waals surface area contributed by atoms with Crippen LogP contribution in [0.1, 0.15) is 30.3 Å². The fraction of sp³-hybridized carbons (Fsp3) is 0.636. The number of nitrogens with zero attached hydrogens (tertiary/aromatic N) is 2. The minimum Gasteiger partial charge on any atom is -0.476 e. The normalized spacial score (nSPS) is 18.2. The summed E-state index contributed by atoms with van der Waals surface area (Å²) in [6, 6.07) is 0. The number of piperidine rings is 1. The van der Waals surface area contributed by atoms with Crippen molar-refractivity contribution in [3.8, 4) is 0 Å². The molecule has 0 amide bonds. The molecule has 1 aliphatic heterocycles. The minimum absolute atomic E-state index is 0.0758. The summed E-state index contributed by atoms with van der Waals surface area (Å²) < 4.78 is 31.4. The van der Waals surface area contributed by atoms with E-state index in [2.05, 4.69) is 4.98 Å². The lowest BCUT2D eigenvalue weighted by Crippen LogP contribution is -2.41. The molecule has 0 unspecified atom stereocenters. The number of carbonyl (C=O) groups is 1. The highest BCUT2D eigenvalue weighted by Crippen LogP contribution is 2.27. The van der Waals surface area contributed by atoms with Crippen molar-refractivity contribution < 1.29 is 23.1 Å². The van der Waals surface area contributed by atoms with Crippen LogP contribution in [0.3, 0.4) is 0 Å². The molecular formula is C11H16N2O5S2. The molecule has 1 aliphatic rings. The zero-order valence-electron chi connectivity index (χ0n) is 11.0. The molecule has 1 aromatic rings. The van der Waals surface area contributed by atoms with Crippen LogP contribution >= 0.6 is 11.3 Å². The Labute approximate surface area is 121 Å². The summed E-state index contributed by atoms with van der Waals surface area (Å²) in [6.45, 7) is 3.18. The fourth-order valence-electron chi connectivity index (χ4n) is 2.15. The molecule has 1 saturated heterocycles. The van der Waals surface area contributed by atoms with Crippen LogP contribution in [0.25, 0.3) is 0 Å². The molecule has 0 atom stereocenters. The predicted molar refractivity (Wildman–Crippen MR) is 72.5 cm³/mol. The van der Waals surface area contributed by atoms with Gasteiger partial charge in [0.15, 0.2) is 9.90 Å². The maximum Gasteiger partial charge on any atom is 0.356 e. The van der Waals surface area contributed by atoms with Gasteiger partial charge < -0.3 is 9.84 Å². The maximum atomic E-state index is 12.4. The highest BCUT2D eigenvalue weighted by atomic mass is 32.2. The Morgan fingerprint density at radius 3 is 2.75 bits per heavy atom. The number of ether oxygens (including phenoxy) is 1. The van der Waals surface area contributed by atoms with Crippen LogP contribution in [-0.4, -0.2) is 54.6 Å². The first kappa shape index (κ1) is 15.4. The number of aromatic nitrogens is 1. The minimum atomic E-state index is -3.78. The monoisotopic (exact) mass is 320 g/mol. The molecule has 7 nitrogen and oxygen atoms in total. The van der Waals surface area contributed by atoms with Crippen LogP contribution in [0.5, 0.6) is 0 Å². The van der Waals surface area contributed by atoms with E-state index in [1.165, 1.54) is 9.82 Å². The standard InChI is InChI=1S/C11H16N2O5S2/c1-2-18-8-3-5-13(6-4-8)20(16,17)11-9(10(14)15)12-7-19-11/h7-8H,2-6H2,1H3,(H,14,15). The number of hydrogen-bond acceptors (Lipinski definition) is 6. The zero-order chi connectivity index (χ0) is 14.8. The van der Waals surface area contributed by atoms with Crippen molar-refractivity contribution in [2.45, 2.75) is 30.1 Å². The van der Waals surface area contributed by atoms with Crippen molar-refractivity contribution in [3.63, 3.8) is 0 Å². The van der Waals surface area contributed by atoms with Gasteiger partial charge in [-0.25, -0.2) is 18.2 Å². The molecular weight excluding hydrogens is 304 g/mol. The molecule has 2 heterocycles. The third kappa shape index (κ3) is 3.00. The maximum absolute atomic E-state index is 12.4. The molecule has 2 rings (SSSR count). The summed E-state index contributed by atoms with van der Waals surface area (Å²) in [7, 11) is -3.78. The number of rotatable bonds is 5. The number of aromatic carboxylic acids is 1. The quantitative estimate of drug-likeness (QED) is 0.870. The van der Waals surface area contributed by atoms with Crippen LogP contribution in [0, 0.1) is 0 Å². The smallest absolute Gasteiger partial charge is 0.356 e. The molecule has 9 heteroatoms. The molecule has 0 bridgehead atoms. The molecule has 112 valence electrons. The number of carboxylic acid groups (broad SMARTS) is 1. The zero-order valence-corrected chi connectivity index (χ0v) is 12.6. The third-order valence-electron chi connectivity index (χ3n) is 3.11. The Hall–Kier alpha value is -1.03. The SMILES string of the molecule is CCOC1CCN(S(=O)(=O)c2scnc2C(=O)O)CC1. The van der Waals surface area contributed by atoms with Gasteiger partial charge in [-0.3, -0.25) is 0 Å². The Morgan fingerprint density at radius 2 is 2.20 bits per heavy atom. The third-order valence-corrected chi connectivity index (χ3v) is 6.36. The highest BCUT2D eigenvalue weighted by molar-refractivity contribution is 7.91. The Morgan fingerprint density at radius 1 is 1.55 bits per heavy atom. The van der Waals surface area contributed by atoms with E-state index in [4.69, 9.17) is 9.84 Å². The van der Waals surface area contributed by atoms with Crippen molar-refractivity contribution in [2.75, 3.05) is 19.7 Å². The molecule has 0 aliphatic carbocycles. The lowest BCUT2D eigenvalue weighted by molar-refractivity contribution is 0.0290. The number of thiazole rings is 1. The average molecular weight is 320 g/mol. The number of sulfonamides is 1. The van der Waals surface area contributed by atoms with E-state index in [1.807, 2.05) is 6.92 Å². The molecule has 0 saturated carbocycles. The van der Waals surface area contributed by atoms with E-state index in [0.29, 0.717) is 32.5 Å². The van der Waals surface area contributed by atoms with Crippen molar-refractivity contribution >= 4 is 27.3 Å². The second kappa shape index (κ2) is 6.17. The van der Waals surface area contributed by atoms with Crippen LogP contribution in [0.2, 0.25) is 0 Å². The van der Waals surface area contributed by atoms with E-state index in [1.54, 1.807) is 0 Å². The van der Waals surface area contributed by atoms with Crippen molar-refractivity contribution in [3.05, 3.63) is 11.2 Å². The lowest BCUT2D eigenvalue weighted by atomic mass is 10.1. The van der Waals surface area contributed by atoms with Crippen LogP contribution < -0.4 is 0 Å². The Kier molecular flexibility index (Phi) is 4.74. The van der Waals surface area contributed by atoms with Gasteiger partial charge in [-0.05, 0) is 19.8 Å². The Bertz CT molecular complexity index is 575. The lowest BCUT2D eigenvalue weighted by Gasteiger charge is -2.30. The van der Waals surface area contributed by atoms with E-state index in [-0.39, 0.29) is 10.3 Å². The largest absolute Gasteiger partial charge is 0.476 e. The van der Waals surface area contributed by atoms with E-state index >= 15 is 0 Å². The molecule has 1 N–H and O–H groups in total. The second-order valence-electron chi connectivity index (χ2n) is 4.35. The van der Waals surface area contributed by atoms with Crippen molar-refractivity contribution in [1.82, 2.24) is 9.29 Å². The fourth-order valence-corrected chi connectivity index (χ4v) is 4.90. The number of hydrogen-bond donors (Lipinski definition) is 1. The van der Waals surface area contributed by atoms with Gasteiger partial charge in [0.2, 0.25) is 0 Å². The topological polar surface area (TPSA) is 96.8 Å². The first-order chi connectivity index (χ1) is 9.46. The summed E-state index contributed by atoms with van der Waals surface area (Å²) in [5.74, 6) is -1.32. The summed E-state index contributed by atoms with van der Waals surface area (Å²) in [6.07, 6.45) is 1.31. The second-order valence-corrected chi connectivity index (χ2v) is 7.34. The van der Waals surface area contributed by atoms with Gasteiger partial charge in [0.1, 0.15) is 0 Å². The molecule has 0 radical (unpaired) electrons. The number of carboxylic acids is 1. The van der Waals surface area contributed by atoms with Crippen LogP contribution in [0.15, 0.2) is 9.72 Å². The van der Waals surface area contributed by atoms with Crippen molar-refractivity contribution in [2.24, 2.45) is 0 Å². The highest BCUT2D eigenvalue weighted by Gasteiger charge is 2.34. The van der Waals surface area contributed by atoms with Crippen LogP contribution in [0.4, 0.5) is 0 Å². The summed E-state index contributed by atoms with van der Waals surface area (Å²) in [4.78, 5) is 14.6. The summed E-state index contributed by atoms with van der Waals surface area (Å²) >= 11 is 0.837. The van der Waals surface area contributed by atoms with Gasteiger partial charge in [0.25, 0.3) is 10.0 Å². The molecule has 0 spiro atoms. The van der Waals surface area contributed by atoms with Gasteiger partial charge in [0.05, 0.1) is 11.6 Å². The van der Waals surface area contributed by atoms with Gasteiger partial charge in [-0.15, -0.1) is 11.3 Å². The molecule has 20 heavy (non-hydrogen) atoms. The first-order valence-corrected chi connectivity index (χ1v) is 8.57. The Balaban J connectivity index is 2.16. The average Bonchev–Trinajstić information content (AvgIpc) is 2.90. The van der Waals surface area contributed by atoms with Crippen LogP contribution in [-0.2, 0) is 14.8 Å².